The molecule has 0 spiro atoms. The van der Waals surface area contributed by atoms with E-state index in [9.17, 15) is 9.59 Å². The number of fused-ring (bicyclic) bond motifs is 3. The number of anilines is 1. The normalized spacial score (nSPS) is 17.1. The lowest BCUT2D eigenvalue weighted by molar-refractivity contribution is 0.101. The molecular weight excluding hydrogens is 384 g/mol. The summed E-state index contributed by atoms with van der Waals surface area (Å²) in [7, 11) is 0. The van der Waals surface area contributed by atoms with E-state index in [-0.39, 0.29) is 11.3 Å². The van der Waals surface area contributed by atoms with Gasteiger partial charge < -0.3 is 9.88 Å². The maximum atomic E-state index is 12.6. The lowest BCUT2D eigenvalue weighted by Gasteiger charge is -2.35. The second-order valence-corrected chi connectivity index (χ2v) is 9.00. The average molecular weight is 409 g/mol. The number of hydrogen-bond acceptors (Lipinski definition) is 6. The molecule has 7 heteroatoms. The number of H-pyrrole nitrogens is 1. The van der Waals surface area contributed by atoms with Gasteiger partial charge in [0, 0.05) is 42.3 Å². The first-order valence-corrected chi connectivity index (χ1v) is 11.0. The van der Waals surface area contributed by atoms with E-state index in [2.05, 4.69) is 14.8 Å². The lowest BCUT2D eigenvalue weighted by Crippen LogP contribution is -2.46. The van der Waals surface area contributed by atoms with Gasteiger partial charge in [0.15, 0.2) is 5.78 Å². The minimum Gasteiger partial charge on any atom is -0.369 e. The molecular formula is C22H24N4O2S. The molecule has 0 radical (unpaired) electrons. The van der Waals surface area contributed by atoms with Crippen LogP contribution in [0.4, 0.5) is 5.69 Å². The molecule has 3 aromatic rings. The Kier molecular flexibility index (Phi) is 4.72. The number of carbonyl (C=O) groups is 1. The molecule has 2 aliphatic rings. The molecule has 1 aromatic carbocycles. The van der Waals surface area contributed by atoms with Crippen LogP contribution in [0.2, 0.25) is 0 Å². The van der Waals surface area contributed by atoms with Gasteiger partial charge in [-0.05, 0) is 56.0 Å². The van der Waals surface area contributed by atoms with Crippen LogP contribution in [-0.2, 0) is 19.4 Å². The molecule has 150 valence electrons. The first kappa shape index (κ1) is 18.5. The molecule has 1 N–H and O–H groups in total. The van der Waals surface area contributed by atoms with Crippen molar-refractivity contribution in [2.45, 2.75) is 32.7 Å². The van der Waals surface area contributed by atoms with Crippen molar-refractivity contribution in [2.75, 3.05) is 31.1 Å². The van der Waals surface area contributed by atoms with Gasteiger partial charge in [0.2, 0.25) is 0 Å². The molecule has 5 rings (SSSR count). The summed E-state index contributed by atoms with van der Waals surface area (Å²) in [6.45, 7) is 5.92. The fraction of sp³-hybridized carbons (Fsp3) is 0.409. The molecule has 0 atom stereocenters. The smallest absolute Gasteiger partial charge is 0.259 e. The largest absolute Gasteiger partial charge is 0.369 e. The molecule has 1 aliphatic carbocycles. The van der Waals surface area contributed by atoms with Crippen molar-refractivity contribution in [3.05, 3.63) is 56.4 Å². The monoisotopic (exact) mass is 408 g/mol. The van der Waals surface area contributed by atoms with Gasteiger partial charge in [-0.2, -0.15) is 0 Å². The number of hydrogen-bond donors (Lipinski definition) is 1. The highest BCUT2D eigenvalue weighted by atomic mass is 32.1. The van der Waals surface area contributed by atoms with Crippen LogP contribution in [0.15, 0.2) is 29.1 Å². The summed E-state index contributed by atoms with van der Waals surface area (Å²) < 4.78 is 0. The number of thiophene rings is 1. The van der Waals surface area contributed by atoms with Crippen LogP contribution in [0.1, 0.15) is 40.0 Å². The van der Waals surface area contributed by atoms with Crippen LogP contribution >= 0.6 is 11.3 Å². The molecule has 0 amide bonds. The Balaban J connectivity index is 1.26. The minimum atomic E-state index is 0.0218. The summed E-state index contributed by atoms with van der Waals surface area (Å²) in [6, 6.07) is 7.84. The Morgan fingerprint density at radius 2 is 1.90 bits per heavy atom. The van der Waals surface area contributed by atoms with Gasteiger partial charge in [-0.25, -0.2) is 4.98 Å². The van der Waals surface area contributed by atoms with Crippen molar-refractivity contribution in [3.8, 4) is 0 Å². The number of piperazine rings is 1. The van der Waals surface area contributed by atoms with Crippen molar-refractivity contribution in [1.29, 1.82) is 0 Å². The van der Waals surface area contributed by atoms with Crippen molar-refractivity contribution in [1.82, 2.24) is 14.9 Å². The van der Waals surface area contributed by atoms with Crippen LogP contribution < -0.4 is 10.5 Å². The summed E-state index contributed by atoms with van der Waals surface area (Å²) in [4.78, 5) is 38.8. The highest BCUT2D eigenvalue weighted by Gasteiger charge is 2.22. The average Bonchev–Trinajstić information content (AvgIpc) is 3.29. The zero-order valence-corrected chi connectivity index (χ0v) is 17.3. The number of aromatic nitrogens is 2. The molecule has 0 bridgehead atoms. The predicted octanol–water partition coefficient (Wildman–Crippen LogP) is 3.00. The first-order valence-electron chi connectivity index (χ1n) is 10.2. The maximum Gasteiger partial charge on any atom is 0.259 e. The van der Waals surface area contributed by atoms with Gasteiger partial charge in [-0.3, -0.25) is 14.5 Å². The topological polar surface area (TPSA) is 69.3 Å². The Bertz CT molecular complexity index is 1120. The molecule has 0 unspecified atom stereocenters. The SMILES string of the molecule is CC(=O)c1ccc(N2CCN(Cc3nc4sc5c(c4c(=O)[nH]3)CCC5)CC2)cc1. The van der Waals surface area contributed by atoms with Crippen LogP contribution in [0.5, 0.6) is 0 Å². The van der Waals surface area contributed by atoms with E-state index in [1.165, 1.54) is 10.4 Å². The van der Waals surface area contributed by atoms with E-state index >= 15 is 0 Å². The van der Waals surface area contributed by atoms with E-state index < -0.39 is 0 Å². The second kappa shape index (κ2) is 7.39. The van der Waals surface area contributed by atoms with E-state index in [0.29, 0.717) is 6.54 Å². The van der Waals surface area contributed by atoms with Crippen molar-refractivity contribution in [2.24, 2.45) is 0 Å². The fourth-order valence-electron chi connectivity index (χ4n) is 4.40. The number of aromatic amines is 1. The summed E-state index contributed by atoms with van der Waals surface area (Å²) in [5.41, 5.74) is 3.15. The van der Waals surface area contributed by atoms with Gasteiger partial charge in [-0.1, -0.05) is 0 Å². The molecule has 0 saturated carbocycles. The Morgan fingerprint density at radius 3 is 2.62 bits per heavy atom. The zero-order valence-electron chi connectivity index (χ0n) is 16.5. The van der Waals surface area contributed by atoms with E-state index in [1.54, 1.807) is 18.3 Å². The molecule has 1 fully saturated rings. The third-order valence-corrected chi connectivity index (χ3v) is 7.19. The standard InChI is InChI=1S/C22H24N4O2S/c1-14(27)15-5-7-16(8-6-15)26-11-9-25(10-12-26)13-19-23-21(28)20-17-3-2-4-18(17)29-22(20)24-19/h5-8H,2-4,9-13H2,1H3,(H,23,24,28). The molecule has 2 aromatic heterocycles. The van der Waals surface area contributed by atoms with Crippen LogP contribution in [0.25, 0.3) is 10.2 Å². The van der Waals surface area contributed by atoms with Crippen molar-refractivity contribution >= 4 is 33.0 Å². The van der Waals surface area contributed by atoms with E-state index in [0.717, 1.165) is 72.7 Å². The van der Waals surface area contributed by atoms with Gasteiger partial charge in [0.25, 0.3) is 5.56 Å². The Morgan fingerprint density at radius 1 is 1.14 bits per heavy atom. The number of nitrogens with one attached hydrogen (secondary N) is 1. The highest BCUT2D eigenvalue weighted by molar-refractivity contribution is 7.18. The Hall–Kier alpha value is -2.51. The van der Waals surface area contributed by atoms with E-state index in [1.807, 2.05) is 24.3 Å². The third kappa shape index (κ3) is 3.49. The number of Topliss-reactive ketones (excluding diaryl/α,β-unsaturated/α-hetero) is 1. The highest BCUT2D eigenvalue weighted by Crippen LogP contribution is 2.34. The molecule has 3 heterocycles. The van der Waals surface area contributed by atoms with Crippen molar-refractivity contribution in [3.63, 3.8) is 0 Å². The number of aryl methyl sites for hydroxylation is 2. The van der Waals surface area contributed by atoms with Gasteiger partial charge in [0.1, 0.15) is 10.7 Å². The zero-order chi connectivity index (χ0) is 20.0. The molecule has 29 heavy (non-hydrogen) atoms. The van der Waals surface area contributed by atoms with Crippen molar-refractivity contribution < 1.29 is 4.79 Å². The van der Waals surface area contributed by atoms with Crippen LogP contribution in [0, 0.1) is 0 Å². The third-order valence-electron chi connectivity index (χ3n) is 6.01. The van der Waals surface area contributed by atoms with Gasteiger partial charge in [0.05, 0.1) is 11.9 Å². The molecule has 1 saturated heterocycles. The number of benzene rings is 1. The molecule has 1 aliphatic heterocycles. The van der Waals surface area contributed by atoms with E-state index in [4.69, 9.17) is 4.98 Å². The fourth-order valence-corrected chi connectivity index (χ4v) is 5.69. The quantitative estimate of drug-likeness (QED) is 0.672. The first-order chi connectivity index (χ1) is 14.1. The molecule has 6 nitrogen and oxygen atoms in total. The number of nitrogens with zero attached hydrogens (tertiary/aromatic N) is 3. The number of rotatable bonds is 4. The Labute approximate surface area is 173 Å². The van der Waals surface area contributed by atoms with Crippen LogP contribution in [0.3, 0.4) is 0 Å². The summed E-state index contributed by atoms with van der Waals surface area (Å²) in [6.07, 6.45) is 3.25. The second-order valence-electron chi connectivity index (χ2n) is 7.92. The van der Waals surface area contributed by atoms with Gasteiger partial charge in [-0.15, -0.1) is 11.3 Å². The van der Waals surface area contributed by atoms with Gasteiger partial charge >= 0.3 is 0 Å². The summed E-state index contributed by atoms with van der Waals surface area (Å²) in [5.74, 6) is 0.859. The lowest BCUT2D eigenvalue weighted by atomic mass is 10.1. The summed E-state index contributed by atoms with van der Waals surface area (Å²) in [5, 5.41) is 0.824. The predicted molar refractivity (Wildman–Crippen MR) is 116 cm³/mol. The maximum absolute atomic E-state index is 12.6. The number of ketones is 1. The van der Waals surface area contributed by atoms with Crippen LogP contribution in [-0.4, -0.2) is 46.8 Å². The number of carbonyl (C=O) groups excluding carboxylic acids is 1. The summed E-state index contributed by atoms with van der Waals surface area (Å²) >= 11 is 1.70. The minimum absolute atomic E-state index is 0.0218.